The molecule has 1 atom stereocenters. The molecule has 0 radical (unpaired) electrons. The van der Waals surface area contributed by atoms with E-state index in [2.05, 4.69) is 46.7 Å². The summed E-state index contributed by atoms with van der Waals surface area (Å²) >= 11 is 0. The first-order chi connectivity index (χ1) is 12.2. The quantitative estimate of drug-likeness (QED) is 0.862. The lowest BCUT2D eigenvalue weighted by Gasteiger charge is -2.35. The third-order valence-corrected chi connectivity index (χ3v) is 5.34. The van der Waals surface area contributed by atoms with Crippen LogP contribution in [0.15, 0.2) is 24.3 Å². The molecule has 0 unspecified atom stereocenters. The second kappa shape index (κ2) is 9.20. The molecule has 1 saturated carbocycles. The van der Waals surface area contributed by atoms with Crippen LogP contribution in [0.4, 0.5) is 4.79 Å². The lowest BCUT2D eigenvalue weighted by atomic mass is 9.96. The fourth-order valence-electron chi connectivity index (χ4n) is 3.81. The van der Waals surface area contributed by atoms with Crippen molar-refractivity contribution >= 4 is 6.03 Å². The summed E-state index contributed by atoms with van der Waals surface area (Å²) in [7, 11) is 0. The normalized spacial score (nSPS) is 20.8. The van der Waals surface area contributed by atoms with E-state index in [0.717, 1.165) is 39.1 Å². The predicted octanol–water partition coefficient (Wildman–Crippen LogP) is 3.00. The average molecular weight is 345 g/mol. The topological polar surface area (TPSA) is 53.6 Å². The van der Waals surface area contributed by atoms with Gasteiger partial charge in [0.05, 0.1) is 19.3 Å². The van der Waals surface area contributed by atoms with Crippen LogP contribution in [0.3, 0.4) is 0 Å². The first kappa shape index (κ1) is 18.2. The highest BCUT2D eigenvalue weighted by molar-refractivity contribution is 5.74. The van der Waals surface area contributed by atoms with E-state index in [1.54, 1.807) is 0 Å². The standard InChI is InChI=1S/C20H31N3O2/c1-16-7-9-17(10-8-16)19(23-11-13-25-14-12-23)15-21-20(24)22-18-5-3-2-4-6-18/h7-10,18-19H,2-6,11-15H2,1H3,(H2,21,22,24)/t19-/m1/s1. The summed E-state index contributed by atoms with van der Waals surface area (Å²) in [5.41, 5.74) is 2.51. The first-order valence-corrected chi connectivity index (χ1v) is 9.65. The van der Waals surface area contributed by atoms with Gasteiger partial charge in [-0.25, -0.2) is 4.79 Å². The molecule has 2 N–H and O–H groups in total. The molecule has 0 spiro atoms. The number of urea groups is 1. The number of aryl methyl sites for hydroxylation is 1. The Labute approximate surface area is 151 Å². The number of benzene rings is 1. The molecule has 3 rings (SSSR count). The highest BCUT2D eigenvalue weighted by Gasteiger charge is 2.23. The van der Waals surface area contributed by atoms with E-state index in [4.69, 9.17) is 4.74 Å². The van der Waals surface area contributed by atoms with E-state index in [1.165, 1.54) is 30.4 Å². The SMILES string of the molecule is Cc1ccc([C@@H](CNC(=O)NC2CCCCC2)N2CCOCC2)cc1. The van der Waals surface area contributed by atoms with Gasteiger partial charge in [0.1, 0.15) is 0 Å². The number of hydrogen-bond donors (Lipinski definition) is 2. The van der Waals surface area contributed by atoms with Crippen molar-refractivity contribution in [3.8, 4) is 0 Å². The molecule has 25 heavy (non-hydrogen) atoms. The zero-order valence-corrected chi connectivity index (χ0v) is 15.3. The Morgan fingerprint density at radius 3 is 2.52 bits per heavy atom. The molecule has 0 bridgehead atoms. The minimum atomic E-state index is -0.0303. The Morgan fingerprint density at radius 2 is 1.84 bits per heavy atom. The lowest BCUT2D eigenvalue weighted by molar-refractivity contribution is 0.0167. The van der Waals surface area contributed by atoms with Crippen LogP contribution in [0, 0.1) is 6.92 Å². The maximum Gasteiger partial charge on any atom is 0.315 e. The third-order valence-electron chi connectivity index (χ3n) is 5.34. The maximum atomic E-state index is 12.3. The largest absolute Gasteiger partial charge is 0.379 e. The van der Waals surface area contributed by atoms with Crippen molar-refractivity contribution in [1.29, 1.82) is 0 Å². The fraction of sp³-hybridized carbons (Fsp3) is 0.650. The third kappa shape index (κ3) is 5.44. The van der Waals surface area contributed by atoms with Crippen molar-refractivity contribution in [1.82, 2.24) is 15.5 Å². The van der Waals surface area contributed by atoms with E-state index in [1.807, 2.05) is 0 Å². The molecule has 0 aromatic heterocycles. The molecule has 2 aliphatic rings. The predicted molar refractivity (Wildman–Crippen MR) is 99.7 cm³/mol. The number of carbonyl (C=O) groups excluding carboxylic acids is 1. The number of ether oxygens (including phenoxy) is 1. The van der Waals surface area contributed by atoms with E-state index in [-0.39, 0.29) is 12.1 Å². The Balaban J connectivity index is 1.58. The molecule has 5 nitrogen and oxygen atoms in total. The Hall–Kier alpha value is -1.59. The molecule has 5 heteroatoms. The molecule has 1 saturated heterocycles. The molecular formula is C20H31N3O2. The number of morpholine rings is 1. The highest BCUT2D eigenvalue weighted by Crippen LogP contribution is 2.22. The van der Waals surface area contributed by atoms with Gasteiger partial charge in [-0.05, 0) is 25.3 Å². The van der Waals surface area contributed by atoms with Crippen LogP contribution < -0.4 is 10.6 Å². The number of carbonyl (C=O) groups is 1. The molecule has 1 aromatic rings. The molecule has 1 aliphatic heterocycles. The van der Waals surface area contributed by atoms with Crippen molar-refractivity contribution in [2.24, 2.45) is 0 Å². The first-order valence-electron chi connectivity index (χ1n) is 9.65. The van der Waals surface area contributed by atoms with Crippen molar-refractivity contribution in [3.05, 3.63) is 35.4 Å². The average Bonchev–Trinajstić information content (AvgIpc) is 2.65. The summed E-state index contributed by atoms with van der Waals surface area (Å²) in [6.07, 6.45) is 5.97. The number of nitrogens with one attached hydrogen (secondary N) is 2. The maximum absolute atomic E-state index is 12.3. The van der Waals surface area contributed by atoms with Gasteiger partial charge in [-0.1, -0.05) is 49.1 Å². The van der Waals surface area contributed by atoms with Crippen LogP contribution in [0.25, 0.3) is 0 Å². The number of amides is 2. The van der Waals surface area contributed by atoms with Crippen molar-refractivity contribution in [2.45, 2.75) is 51.1 Å². The fourth-order valence-corrected chi connectivity index (χ4v) is 3.81. The van der Waals surface area contributed by atoms with Gasteiger partial charge < -0.3 is 15.4 Å². The highest BCUT2D eigenvalue weighted by atomic mass is 16.5. The molecule has 2 fully saturated rings. The Kier molecular flexibility index (Phi) is 6.70. The molecule has 138 valence electrons. The summed E-state index contributed by atoms with van der Waals surface area (Å²) in [5.74, 6) is 0. The van der Waals surface area contributed by atoms with Crippen LogP contribution in [0.2, 0.25) is 0 Å². The minimum Gasteiger partial charge on any atom is -0.379 e. The number of rotatable bonds is 5. The smallest absolute Gasteiger partial charge is 0.315 e. The van der Waals surface area contributed by atoms with Gasteiger partial charge in [0.15, 0.2) is 0 Å². The monoisotopic (exact) mass is 345 g/mol. The lowest BCUT2D eigenvalue weighted by Crippen LogP contribution is -2.47. The zero-order valence-electron chi connectivity index (χ0n) is 15.3. The van der Waals surface area contributed by atoms with Crippen molar-refractivity contribution < 1.29 is 9.53 Å². The Bertz CT molecular complexity index is 534. The van der Waals surface area contributed by atoms with E-state index < -0.39 is 0 Å². The van der Waals surface area contributed by atoms with Gasteiger partial charge in [0, 0.05) is 25.7 Å². The minimum absolute atomic E-state index is 0.0303. The van der Waals surface area contributed by atoms with E-state index in [0.29, 0.717) is 12.6 Å². The van der Waals surface area contributed by atoms with Crippen LogP contribution in [0.1, 0.15) is 49.3 Å². The molecule has 1 heterocycles. The van der Waals surface area contributed by atoms with Gasteiger partial charge in [-0.3, -0.25) is 4.90 Å². The summed E-state index contributed by atoms with van der Waals surface area (Å²) in [6, 6.07) is 9.15. The van der Waals surface area contributed by atoms with Crippen LogP contribution in [0.5, 0.6) is 0 Å². The van der Waals surface area contributed by atoms with Crippen LogP contribution >= 0.6 is 0 Å². The number of nitrogens with zero attached hydrogens (tertiary/aromatic N) is 1. The van der Waals surface area contributed by atoms with Gasteiger partial charge in [-0.15, -0.1) is 0 Å². The van der Waals surface area contributed by atoms with Gasteiger partial charge >= 0.3 is 6.03 Å². The molecule has 1 aromatic carbocycles. The van der Waals surface area contributed by atoms with Gasteiger partial charge in [0.2, 0.25) is 0 Å². The van der Waals surface area contributed by atoms with E-state index >= 15 is 0 Å². The summed E-state index contributed by atoms with van der Waals surface area (Å²) in [4.78, 5) is 14.7. The van der Waals surface area contributed by atoms with Gasteiger partial charge in [0.25, 0.3) is 0 Å². The second-order valence-electron chi connectivity index (χ2n) is 7.26. The summed E-state index contributed by atoms with van der Waals surface area (Å²) < 4.78 is 5.49. The van der Waals surface area contributed by atoms with Crippen molar-refractivity contribution in [2.75, 3.05) is 32.8 Å². The van der Waals surface area contributed by atoms with Crippen LogP contribution in [-0.4, -0.2) is 49.8 Å². The Morgan fingerprint density at radius 1 is 1.16 bits per heavy atom. The molecule has 1 aliphatic carbocycles. The second-order valence-corrected chi connectivity index (χ2v) is 7.26. The van der Waals surface area contributed by atoms with Gasteiger partial charge in [-0.2, -0.15) is 0 Å². The molecular weight excluding hydrogens is 314 g/mol. The zero-order chi connectivity index (χ0) is 17.5. The number of hydrogen-bond acceptors (Lipinski definition) is 3. The van der Waals surface area contributed by atoms with Crippen molar-refractivity contribution in [3.63, 3.8) is 0 Å². The van der Waals surface area contributed by atoms with E-state index in [9.17, 15) is 4.79 Å². The summed E-state index contributed by atoms with van der Waals surface area (Å²) in [6.45, 7) is 6.06. The van der Waals surface area contributed by atoms with Crippen LogP contribution in [-0.2, 0) is 4.74 Å². The summed E-state index contributed by atoms with van der Waals surface area (Å²) in [5, 5.41) is 6.25. The molecule has 2 amide bonds.